The van der Waals surface area contributed by atoms with Crippen molar-refractivity contribution in [1.29, 1.82) is 0 Å². The lowest BCUT2D eigenvalue weighted by Crippen LogP contribution is -2.55. The number of carbonyl (C=O) groups excluding carboxylic acids is 5. The molecule has 0 aliphatic heterocycles. The number of nitrogens with one attached hydrogen (secondary N) is 2. The third kappa shape index (κ3) is 13.8. The van der Waals surface area contributed by atoms with Gasteiger partial charge in [-0.3, -0.25) is 14.4 Å². The first-order valence-electron chi connectivity index (χ1n) is 16.7. The summed E-state index contributed by atoms with van der Waals surface area (Å²) in [5, 5.41) is 5.38. The number of primary amides is 1. The van der Waals surface area contributed by atoms with Crippen LogP contribution < -0.4 is 16.4 Å². The summed E-state index contributed by atoms with van der Waals surface area (Å²) in [6.45, 7) is 14.4. The number of benzene rings is 2. The van der Waals surface area contributed by atoms with E-state index in [1.165, 1.54) is 4.90 Å². The Morgan fingerprint density at radius 1 is 0.771 bits per heavy atom. The second-order valence-corrected chi connectivity index (χ2v) is 13.9. The molecule has 0 aliphatic rings. The number of aryl methyl sites for hydroxylation is 1. The molecule has 4 N–H and O–H groups in total. The topological polar surface area (TPSA) is 157 Å². The third-order valence-electron chi connectivity index (χ3n) is 7.23. The minimum Gasteiger partial charge on any atom is -0.458 e. The van der Waals surface area contributed by atoms with E-state index in [1.807, 2.05) is 56.3 Å². The molecule has 0 saturated carbocycles. The van der Waals surface area contributed by atoms with Crippen molar-refractivity contribution in [3.63, 3.8) is 0 Å². The highest BCUT2D eigenvalue weighted by Gasteiger charge is 2.38. The maximum absolute atomic E-state index is 14.5. The summed E-state index contributed by atoms with van der Waals surface area (Å²) >= 11 is 0. The van der Waals surface area contributed by atoms with Gasteiger partial charge < -0.3 is 30.7 Å². The van der Waals surface area contributed by atoms with Gasteiger partial charge in [0.15, 0.2) is 0 Å². The van der Waals surface area contributed by atoms with E-state index in [9.17, 15) is 24.0 Å². The zero-order valence-corrected chi connectivity index (χ0v) is 29.8. The number of unbranched alkanes of at least 4 members (excludes halogenated alkanes) is 2. The number of rotatable bonds is 16. The van der Waals surface area contributed by atoms with Crippen LogP contribution in [0.4, 0.5) is 4.79 Å². The molecule has 2 rings (SSSR count). The van der Waals surface area contributed by atoms with Gasteiger partial charge in [0.2, 0.25) is 17.7 Å². The third-order valence-corrected chi connectivity index (χ3v) is 7.23. The lowest BCUT2D eigenvalue weighted by molar-refractivity contribution is -0.159. The van der Waals surface area contributed by atoms with Gasteiger partial charge in [-0.25, -0.2) is 9.59 Å². The van der Waals surface area contributed by atoms with Gasteiger partial charge in [0, 0.05) is 13.0 Å². The van der Waals surface area contributed by atoms with E-state index in [4.69, 9.17) is 15.2 Å². The molecule has 0 spiro atoms. The first kappa shape index (κ1) is 39.8. The monoisotopic (exact) mass is 666 g/mol. The maximum atomic E-state index is 14.5. The summed E-state index contributed by atoms with van der Waals surface area (Å²) in [5.74, 6) is -2.75. The normalized spacial score (nSPS) is 13.4. The zero-order valence-electron chi connectivity index (χ0n) is 29.8. The molecule has 264 valence electrons. The van der Waals surface area contributed by atoms with Crippen molar-refractivity contribution in [1.82, 2.24) is 15.5 Å². The highest BCUT2D eigenvalue weighted by atomic mass is 16.6. The number of hydrogen-bond donors (Lipinski definition) is 3. The summed E-state index contributed by atoms with van der Waals surface area (Å²) in [4.78, 5) is 68.7. The molecule has 0 heterocycles. The lowest BCUT2D eigenvalue weighted by atomic mass is 9.98. The molecule has 4 amide bonds. The molecule has 2 aromatic carbocycles. The van der Waals surface area contributed by atoms with E-state index in [-0.39, 0.29) is 13.0 Å². The molecule has 11 nitrogen and oxygen atoms in total. The van der Waals surface area contributed by atoms with Gasteiger partial charge in [-0.15, -0.1) is 0 Å². The average Bonchev–Trinajstić information content (AvgIpc) is 2.98. The van der Waals surface area contributed by atoms with E-state index in [0.29, 0.717) is 12.0 Å². The van der Waals surface area contributed by atoms with Crippen LogP contribution >= 0.6 is 0 Å². The van der Waals surface area contributed by atoms with Crippen molar-refractivity contribution >= 4 is 29.8 Å². The molecule has 0 saturated heterocycles. The molecule has 0 bridgehead atoms. The average molecular weight is 667 g/mol. The van der Waals surface area contributed by atoms with Crippen LogP contribution in [0.2, 0.25) is 0 Å². The minimum atomic E-state index is -1.41. The van der Waals surface area contributed by atoms with Crippen LogP contribution in [-0.2, 0) is 41.5 Å². The standard InChI is InChI=1S/C37H54N4O7/c1-9-11-15-22-41(33(44)28(24-30(38)42)40-35(46)48-37(6,7)8)31(27-20-18-25(10-2)19-21-27)32(43)39-29(34(45)47-36(3,4)5)23-26-16-13-12-14-17-26/h12-14,16-21,28-29,31H,9-11,15,22-24H2,1-8H3,(H2,38,42)(H,39,43)(H,40,46). The smallest absolute Gasteiger partial charge is 0.408 e. The van der Waals surface area contributed by atoms with Gasteiger partial charge >= 0.3 is 12.1 Å². The Bertz CT molecular complexity index is 1360. The summed E-state index contributed by atoms with van der Waals surface area (Å²) in [6, 6.07) is 12.8. The van der Waals surface area contributed by atoms with Crippen LogP contribution in [0.1, 0.15) is 104 Å². The molecule has 0 aromatic heterocycles. The van der Waals surface area contributed by atoms with Crippen LogP contribution in [0.5, 0.6) is 0 Å². The Labute approximate surface area is 285 Å². The molecule has 3 atom stereocenters. The van der Waals surface area contributed by atoms with Gasteiger partial charge in [0.05, 0.1) is 6.42 Å². The SMILES string of the molecule is CCCCCN(C(=O)C(CC(N)=O)NC(=O)OC(C)(C)C)C(C(=O)NC(Cc1ccccc1)C(=O)OC(C)(C)C)c1ccc(CC)cc1. The van der Waals surface area contributed by atoms with Crippen LogP contribution in [0, 0.1) is 0 Å². The number of carbonyl (C=O) groups is 5. The summed E-state index contributed by atoms with van der Waals surface area (Å²) < 4.78 is 11.1. The molecule has 0 aliphatic carbocycles. The first-order chi connectivity index (χ1) is 22.4. The van der Waals surface area contributed by atoms with E-state index in [2.05, 4.69) is 10.6 Å². The molecule has 0 radical (unpaired) electrons. The molecule has 3 unspecified atom stereocenters. The van der Waals surface area contributed by atoms with Crippen LogP contribution in [0.15, 0.2) is 54.6 Å². The fraction of sp³-hybridized carbons (Fsp3) is 0.541. The molecule has 48 heavy (non-hydrogen) atoms. The van der Waals surface area contributed by atoms with Gasteiger partial charge in [-0.05, 0) is 71.1 Å². The first-order valence-corrected chi connectivity index (χ1v) is 16.7. The van der Waals surface area contributed by atoms with Crippen LogP contribution in [0.3, 0.4) is 0 Å². The number of amides is 4. The fourth-order valence-electron chi connectivity index (χ4n) is 5.03. The highest BCUT2D eigenvalue weighted by Crippen LogP contribution is 2.26. The lowest BCUT2D eigenvalue weighted by Gasteiger charge is -2.35. The number of nitrogens with two attached hydrogens (primary N) is 1. The number of alkyl carbamates (subject to hydrolysis) is 1. The molecular weight excluding hydrogens is 612 g/mol. The number of nitrogens with zero attached hydrogens (tertiary/aromatic N) is 1. The second-order valence-electron chi connectivity index (χ2n) is 13.9. The number of hydrogen-bond acceptors (Lipinski definition) is 7. The van der Waals surface area contributed by atoms with Gasteiger partial charge in [0.25, 0.3) is 0 Å². The largest absolute Gasteiger partial charge is 0.458 e. The highest BCUT2D eigenvalue weighted by molar-refractivity contribution is 5.95. The van der Waals surface area contributed by atoms with Crippen molar-refractivity contribution in [2.24, 2.45) is 5.73 Å². The van der Waals surface area contributed by atoms with E-state index in [0.717, 1.165) is 30.4 Å². The van der Waals surface area contributed by atoms with E-state index in [1.54, 1.807) is 53.7 Å². The number of esters is 1. The Morgan fingerprint density at radius 3 is 1.90 bits per heavy atom. The number of ether oxygens (including phenoxy) is 2. The predicted octanol–water partition coefficient (Wildman–Crippen LogP) is 5.15. The maximum Gasteiger partial charge on any atom is 0.408 e. The van der Waals surface area contributed by atoms with E-state index >= 15 is 0 Å². The molecule has 11 heteroatoms. The van der Waals surface area contributed by atoms with E-state index < -0.39 is 65.5 Å². The van der Waals surface area contributed by atoms with Gasteiger partial charge in [-0.1, -0.05) is 81.3 Å². The summed E-state index contributed by atoms with van der Waals surface area (Å²) in [5.41, 5.74) is 6.16. The molecule has 0 fully saturated rings. The van der Waals surface area contributed by atoms with Crippen molar-refractivity contribution in [2.45, 2.75) is 123 Å². The Kier molecular flexibility index (Phi) is 15.1. The molecule has 2 aromatic rings. The zero-order chi connectivity index (χ0) is 36.1. The van der Waals surface area contributed by atoms with Crippen molar-refractivity contribution in [2.75, 3.05) is 6.54 Å². The van der Waals surface area contributed by atoms with Crippen molar-refractivity contribution in [3.05, 3.63) is 71.3 Å². The second kappa shape index (κ2) is 18.2. The molecular formula is C37H54N4O7. The van der Waals surface area contributed by atoms with Crippen molar-refractivity contribution in [3.8, 4) is 0 Å². The predicted molar refractivity (Wildman–Crippen MR) is 185 cm³/mol. The Hall–Kier alpha value is -4.41. The van der Waals surface area contributed by atoms with Crippen LogP contribution in [-0.4, -0.2) is 64.5 Å². The van der Waals surface area contributed by atoms with Crippen molar-refractivity contribution < 1.29 is 33.4 Å². The Balaban J connectivity index is 2.65. The Morgan fingerprint density at radius 2 is 1.38 bits per heavy atom. The van der Waals surface area contributed by atoms with Crippen LogP contribution in [0.25, 0.3) is 0 Å². The summed E-state index contributed by atoms with van der Waals surface area (Å²) in [6.07, 6.45) is 1.61. The minimum absolute atomic E-state index is 0.126. The summed E-state index contributed by atoms with van der Waals surface area (Å²) in [7, 11) is 0. The quantitative estimate of drug-likeness (QED) is 0.165. The van der Waals surface area contributed by atoms with Gasteiger partial charge in [0.1, 0.15) is 29.3 Å². The fourth-order valence-corrected chi connectivity index (χ4v) is 5.03. The van der Waals surface area contributed by atoms with Gasteiger partial charge in [-0.2, -0.15) is 0 Å².